The highest BCUT2D eigenvalue weighted by molar-refractivity contribution is 5.79. The van der Waals surface area contributed by atoms with Gasteiger partial charge in [-0.1, -0.05) is 36.4 Å². The van der Waals surface area contributed by atoms with E-state index < -0.39 is 0 Å². The molecular weight excluding hydrogens is 338 g/mol. The third-order valence-corrected chi connectivity index (χ3v) is 4.88. The van der Waals surface area contributed by atoms with E-state index in [-0.39, 0.29) is 0 Å². The molecule has 7 nitrogen and oxygen atoms in total. The van der Waals surface area contributed by atoms with Gasteiger partial charge in [0.2, 0.25) is 0 Å². The number of nitrogens with zero attached hydrogens (tertiary/aromatic N) is 5. The number of aliphatic imine (C=N–C) groups is 1. The summed E-state index contributed by atoms with van der Waals surface area (Å²) in [4.78, 5) is 6.84. The van der Waals surface area contributed by atoms with Crippen LogP contribution in [-0.4, -0.2) is 51.6 Å². The Morgan fingerprint density at radius 3 is 2.85 bits per heavy atom. The zero-order valence-corrected chi connectivity index (χ0v) is 15.5. The Kier molecular flexibility index (Phi) is 5.29. The fraction of sp³-hybridized carbons (Fsp3) is 0.350. The van der Waals surface area contributed by atoms with Crippen LogP contribution in [0.5, 0.6) is 0 Å². The van der Waals surface area contributed by atoms with Gasteiger partial charge in [-0.25, -0.2) is 0 Å². The number of likely N-dealkylation sites (tertiary alicyclic amines) is 1. The van der Waals surface area contributed by atoms with Crippen molar-refractivity contribution in [2.75, 3.05) is 20.1 Å². The Labute approximate surface area is 159 Å². The lowest BCUT2D eigenvalue weighted by Gasteiger charge is -2.18. The SMILES string of the molecule is CN=C(NCc1nnc2ccccn12)NC1CCN(Cc2ccccc2)C1. The van der Waals surface area contributed by atoms with Gasteiger partial charge in [-0.2, -0.15) is 0 Å². The summed E-state index contributed by atoms with van der Waals surface area (Å²) in [6, 6.07) is 16.9. The van der Waals surface area contributed by atoms with Crippen LogP contribution in [-0.2, 0) is 13.1 Å². The second kappa shape index (κ2) is 8.18. The lowest BCUT2D eigenvalue weighted by Crippen LogP contribution is -2.44. The molecule has 3 aromatic rings. The zero-order chi connectivity index (χ0) is 18.5. The highest BCUT2D eigenvalue weighted by atomic mass is 15.3. The molecule has 27 heavy (non-hydrogen) atoms. The molecule has 1 unspecified atom stereocenters. The maximum Gasteiger partial charge on any atom is 0.191 e. The smallest absolute Gasteiger partial charge is 0.191 e. The van der Waals surface area contributed by atoms with Gasteiger partial charge >= 0.3 is 0 Å². The van der Waals surface area contributed by atoms with Crippen molar-refractivity contribution in [3.05, 3.63) is 66.1 Å². The summed E-state index contributed by atoms with van der Waals surface area (Å²) in [5.74, 6) is 1.67. The highest BCUT2D eigenvalue weighted by Crippen LogP contribution is 2.13. The van der Waals surface area contributed by atoms with Crippen molar-refractivity contribution in [1.82, 2.24) is 30.1 Å². The Morgan fingerprint density at radius 1 is 1.15 bits per heavy atom. The first kappa shape index (κ1) is 17.5. The third kappa shape index (κ3) is 4.25. The summed E-state index contributed by atoms with van der Waals surface area (Å²) in [6.07, 6.45) is 3.09. The summed E-state index contributed by atoms with van der Waals surface area (Å²) in [7, 11) is 1.80. The van der Waals surface area contributed by atoms with Crippen molar-refractivity contribution in [3.63, 3.8) is 0 Å². The molecule has 1 aromatic carbocycles. The number of pyridine rings is 1. The van der Waals surface area contributed by atoms with Crippen LogP contribution in [0.25, 0.3) is 5.65 Å². The predicted octanol–water partition coefficient (Wildman–Crippen LogP) is 1.67. The van der Waals surface area contributed by atoms with E-state index in [4.69, 9.17) is 0 Å². The molecule has 0 saturated carbocycles. The Bertz CT molecular complexity index is 903. The lowest BCUT2D eigenvalue weighted by molar-refractivity contribution is 0.324. The largest absolute Gasteiger partial charge is 0.352 e. The molecule has 2 aromatic heterocycles. The van der Waals surface area contributed by atoms with Crippen LogP contribution >= 0.6 is 0 Å². The summed E-state index contributed by atoms with van der Waals surface area (Å²) >= 11 is 0. The molecule has 0 radical (unpaired) electrons. The minimum atomic E-state index is 0.398. The van der Waals surface area contributed by atoms with E-state index in [0.717, 1.165) is 43.5 Å². The van der Waals surface area contributed by atoms with Crippen LogP contribution in [0, 0.1) is 0 Å². The Hall–Kier alpha value is -2.93. The van der Waals surface area contributed by atoms with Crippen molar-refractivity contribution in [3.8, 4) is 0 Å². The van der Waals surface area contributed by atoms with E-state index in [2.05, 4.69) is 61.1 Å². The average molecular weight is 363 g/mol. The van der Waals surface area contributed by atoms with Gasteiger partial charge in [0.15, 0.2) is 17.4 Å². The van der Waals surface area contributed by atoms with Gasteiger partial charge in [-0.05, 0) is 24.1 Å². The van der Waals surface area contributed by atoms with Crippen molar-refractivity contribution in [2.45, 2.75) is 25.6 Å². The fourth-order valence-electron chi connectivity index (χ4n) is 3.50. The first-order chi connectivity index (χ1) is 13.3. The van der Waals surface area contributed by atoms with Crippen molar-refractivity contribution in [2.24, 2.45) is 4.99 Å². The van der Waals surface area contributed by atoms with Gasteiger partial charge in [0.25, 0.3) is 0 Å². The molecule has 2 N–H and O–H groups in total. The number of benzene rings is 1. The molecule has 4 rings (SSSR count). The normalized spacial score (nSPS) is 18.1. The van der Waals surface area contributed by atoms with Crippen LogP contribution in [0.4, 0.5) is 0 Å². The average Bonchev–Trinajstić information content (AvgIpc) is 3.32. The second-order valence-electron chi connectivity index (χ2n) is 6.82. The van der Waals surface area contributed by atoms with Gasteiger partial charge in [-0.15, -0.1) is 10.2 Å². The Balaban J connectivity index is 1.29. The Morgan fingerprint density at radius 2 is 2.00 bits per heavy atom. The molecule has 0 amide bonds. The quantitative estimate of drug-likeness (QED) is 0.533. The van der Waals surface area contributed by atoms with E-state index >= 15 is 0 Å². The molecule has 0 bridgehead atoms. The van der Waals surface area contributed by atoms with Gasteiger partial charge in [-0.3, -0.25) is 14.3 Å². The second-order valence-corrected chi connectivity index (χ2v) is 6.82. The summed E-state index contributed by atoms with van der Waals surface area (Å²) in [6.45, 7) is 3.68. The molecule has 1 fully saturated rings. The van der Waals surface area contributed by atoms with Gasteiger partial charge < -0.3 is 10.6 Å². The number of fused-ring (bicyclic) bond motifs is 1. The molecule has 1 aliphatic heterocycles. The topological polar surface area (TPSA) is 69.8 Å². The summed E-state index contributed by atoms with van der Waals surface area (Å²) < 4.78 is 1.98. The van der Waals surface area contributed by atoms with Crippen LogP contribution in [0.15, 0.2) is 59.7 Å². The minimum Gasteiger partial charge on any atom is -0.352 e. The molecule has 7 heteroatoms. The predicted molar refractivity (Wildman–Crippen MR) is 106 cm³/mol. The molecule has 1 atom stereocenters. The van der Waals surface area contributed by atoms with Crippen LogP contribution in [0.1, 0.15) is 17.8 Å². The molecule has 3 heterocycles. The molecular formula is C20H25N7. The van der Waals surface area contributed by atoms with E-state index in [1.807, 2.05) is 28.8 Å². The van der Waals surface area contributed by atoms with Gasteiger partial charge in [0.1, 0.15) is 0 Å². The van der Waals surface area contributed by atoms with E-state index in [0.29, 0.717) is 12.6 Å². The monoisotopic (exact) mass is 363 g/mol. The molecule has 0 spiro atoms. The summed E-state index contributed by atoms with van der Waals surface area (Å²) in [5, 5.41) is 15.3. The number of rotatable bonds is 5. The minimum absolute atomic E-state index is 0.398. The number of hydrogen-bond acceptors (Lipinski definition) is 4. The lowest BCUT2D eigenvalue weighted by atomic mass is 10.2. The number of hydrogen-bond donors (Lipinski definition) is 2. The summed E-state index contributed by atoms with van der Waals surface area (Å²) in [5.41, 5.74) is 2.21. The standard InChI is InChI=1S/C20H25N7/c1-21-20(22-13-19-25-24-18-9-5-6-11-27(18)19)23-17-10-12-26(15-17)14-16-7-3-2-4-8-16/h2-9,11,17H,10,12-15H2,1H3,(H2,21,22,23). The molecule has 140 valence electrons. The molecule has 1 saturated heterocycles. The van der Waals surface area contributed by atoms with Crippen LogP contribution in [0.2, 0.25) is 0 Å². The maximum atomic E-state index is 4.36. The van der Waals surface area contributed by atoms with Crippen molar-refractivity contribution in [1.29, 1.82) is 0 Å². The van der Waals surface area contributed by atoms with Crippen molar-refractivity contribution < 1.29 is 0 Å². The van der Waals surface area contributed by atoms with E-state index in [1.54, 1.807) is 7.05 Å². The maximum absolute atomic E-state index is 4.36. The third-order valence-electron chi connectivity index (χ3n) is 4.88. The van der Waals surface area contributed by atoms with Crippen molar-refractivity contribution >= 4 is 11.6 Å². The van der Waals surface area contributed by atoms with E-state index in [1.165, 1.54) is 5.56 Å². The number of aromatic nitrogens is 3. The first-order valence-electron chi connectivity index (χ1n) is 9.34. The molecule has 1 aliphatic rings. The first-order valence-corrected chi connectivity index (χ1v) is 9.34. The van der Waals surface area contributed by atoms with E-state index in [9.17, 15) is 0 Å². The number of nitrogens with one attached hydrogen (secondary N) is 2. The number of guanidine groups is 1. The molecule has 0 aliphatic carbocycles. The van der Waals surface area contributed by atoms with Gasteiger partial charge in [0.05, 0.1) is 6.54 Å². The van der Waals surface area contributed by atoms with Crippen LogP contribution < -0.4 is 10.6 Å². The zero-order valence-electron chi connectivity index (χ0n) is 15.5. The van der Waals surface area contributed by atoms with Crippen LogP contribution in [0.3, 0.4) is 0 Å². The van der Waals surface area contributed by atoms with Gasteiger partial charge in [0, 0.05) is 38.9 Å². The highest BCUT2D eigenvalue weighted by Gasteiger charge is 2.23. The fourth-order valence-corrected chi connectivity index (χ4v) is 3.50.